The van der Waals surface area contributed by atoms with E-state index in [1.807, 2.05) is 30.3 Å². The van der Waals surface area contributed by atoms with E-state index in [-0.39, 0.29) is 42.6 Å². The summed E-state index contributed by atoms with van der Waals surface area (Å²) in [5.41, 5.74) is 2.70. The maximum absolute atomic E-state index is 13.5. The molecule has 184 valence electrons. The maximum Gasteiger partial charge on any atom is 0.261 e. The van der Waals surface area contributed by atoms with Crippen molar-refractivity contribution in [3.8, 4) is 5.75 Å². The molecule has 0 saturated carbocycles. The Labute approximate surface area is 213 Å². The highest BCUT2D eigenvalue weighted by Crippen LogP contribution is 2.29. The van der Waals surface area contributed by atoms with Crippen LogP contribution in [0.1, 0.15) is 46.4 Å². The fraction of sp³-hybridized carbons (Fsp3) is 0.346. The van der Waals surface area contributed by atoms with Crippen LogP contribution < -0.4 is 15.6 Å². The van der Waals surface area contributed by atoms with Crippen LogP contribution in [-0.2, 0) is 24.2 Å². The molecule has 35 heavy (non-hydrogen) atoms. The Bertz CT molecular complexity index is 1220. The van der Waals surface area contributed by atoms with Gasteiger partial charge in [0.05, 0.1) is 0 Å². The zero-order valence-electron chi connectivity index (χ0n) is 19.3. The molecule has 0 saturated heterocycles. The summed E-state index contributed by atoms with van der Waals surface area (Å²) in [6.45, 7) is 0.622. The summed E-state index contributed by atoms with van der Waals surface area (Å²) in [7, 11) is 0. The van der Waals surface area contributed by atoms with Crippen molar-refractivity contribution in [2.45, 2.75) is 38.6 Å². The molecule has 0 aliphatic heterocycles. The number of halogens is 1. The van der Waals surface area contributed by atoms with E-state index in [9.17, 15) is 14.4 Å². The first-order valence-corrected chi connectivity index (χ1v) is 13.0. The minimum atomic E-state index is -0.362. The van der Waals surface area contributed by atoms with Crippen molar-refractivity contribution in [3.63, 3.8) is 0 Å². The van der Waals surface area contributed by atoms with Crippen molar-refractivity contribution >= 4 is 34.8 Å². The maximum atomic E-state index is 13.5. The Balaban J connectivity index is 1.44. The SMILES string of the molecule is O=C(COc1ccsc1Cl)NCCN(Cc1ccccc1)C(=O)c1cc2c([nH]c1=O)CCCCC2. The Morgan fingerprint density at radius 2 is 1.91 bits per heavy atom. The van der Waals surface area contributed by atoms with Gasteiger partial charge in [-0.25, -0.2) is 0 Å². The molecule has 9 heteroatoms. The van der Waals surface area contributed by atoms with Crippen LogP contribution in [0.2, 0.25) is 4.34 Å². The molecule has 0 unspecified atom stereocenters. The summed E-state index contributed by atoms with van der Waals surface area (Å²) in [5, 5.41) is 4.56. The van der Waals surface area contributed by atoms with E-state index in [4.69, 9.17) is 16.3 Å². The molecule has 7 nitrogen and oxygen atoms in total. The van der Waals surface area contributed by atoms with Gasteiger partial charge in [-0.3, -0.25) is 14.4 Å². The van der Waals surface area contributed by atoms with Gasteiger partial charge in [0.1, 0.15) is 15.6 Å². The number of aryl methyl sites for hydroxylation is 2. The third-order valence-electron chi connectivity index (χ3n) is 5.97. The van der Waals surface area contributed by atoms with Crippen molar-refractivity contribution in [1.82, 2.24) is 15.2 Å². The number of hydrogen-bond donors (Lipinski definition) is 2. The predicted molar refractivity (Wildman–Crippen MR) is 137 cm³/mol. The monoisotopic (exact) mass is 513 g/mol. The number of nitrogens with zero attached hydrogens (tertiary/aromatic N) is 1. The van der Waals surface area contributed by atoms with Gasteiger partial charge in [0.25, 0.3) is 17.4 Å². The smallest absolute Gasteiger partial charge is 0.261 e. The van der Waals surface area contributed by atoms with E-state index in [0.717, 1.165) is 48.9 Å². The van der Waals surface area contributed by atoms with E-state index < -0.39 is 0 Å². The quantitative estimate of drug-likeness (QED) is 0.419. The molecule has 0 bridgehead atoms. The van der Waals surface area contributed by atoms with Gasteiger partial charge in [0.2, 0.25) is 0 Å². The number of pyridine rings is 1. The van der Waals surface area contributed by atoms with Crippen LogP contribution in [0.15, 0.2) is 52.6 Å². The van der Waals surface area contributed by atoms with E-state index in [0.29, 0.717) is 16.6 Å². The first-order chi connectivity index (χ1) is 17.0. The molecule has 4 rings (SSSR count). The van der Waals surface area contributed by atoms with Crippen LogP contribution in [0, 0.1) is 0 Å². The van der Waals surface area contributed by atoms with Gasteiger partial charge in [-0.1, -0.05) is 48.4 Å². The number of thiophene rings is 1. The molecule has 1 aromatic carbocycles. The van der Waals surface area contributed by atoms with Crippen LogP contribution in [-0.4, -0.2) is 41.4 Å². The molecule has 0 fully saturated rings. The lowest BCUT2D eigenvalue weighted by atomic mass is 10.1. The average Bonchev–Trinajstić information content (AvgIpc) is 3.13. The number of fused-ring (bicyclic) bond motifs is 1. The van der Waals surface area contributed by atoms with Gasteiger partial charge in [-0.2, -0.15) is 0 Å². The number of hydrogen-bond acceptors (Lipinski definition) is 5. The van der Waals surface area contributed by atoms with Crippen molar-refractivity contribution in [2.24, 2.45) is 0 Å². The zero-order chi connectivity index (χ0) is 24.6. The first-order valence-electron chi connectivity index (χ1n) is 11.7. The van der Waals surface area contributed by atoms with Gasteiger partial charge in [0, 0.05) is 25.3 Å². The lowest BCUT2D eigenvalue weighted by molar-refractivity contribution is -0.123. The van der Waals surface area contributed by atoms with Crippen molar-refractivity contribution < 1.29 is 14.3 Å². The molecule has 0 radical (unpaired) electrons. The average molecular weight is 514 g/mol. The van der Waals surface area contributed by atoms with Gasteiger partial charge in [-0.15, -0.1) is 11.3 Å². The summed E-state index contributed by atoms with van der Waals surface area (Å²) < 4.78 is 5.92. The third kappa shape index (κ3) is 6.74. The molecule has 2 aromatic heterocycles. The molecular weight excluding hydrogens is 486 g/mol. The minimum absolute atomic E-state index is 0.142. The number of carbonyl (C=O) groups excluding carboxylic acids is 2. The van der Waals surface area contributed by atoms with Crippen LogP contribution in [0.3, 0.4) is 0 Å². The standard InChI is InChI=1S/C26H28ClN3O4S/c27-24-22(11-14-35-24)34-17-23(31)28-12-13-30(16-18-7-3-1-4-8-18)26(33)20-15-19-9-5-2-6-10-21(19)29-25(20)32/h1,3-4,7-8,11,14-15H,2,5-6,9-10,12-13,16-17H2,(H,28,31)(H,29,32). The van der Waals surface area contributed by atoms with E-state index >= 15 is 0 Å². The number of ether oxygens (including phenoxy) is 1. The molecule has 2 amide bonds. The Kier molecular flexibility index (Phi) is 8.60. The highest BCUT2D eigenvalue weighted by Gasteiger charge is 2.22. The molecule has 3 aromatic rings. The molecule has 2 heterocycles. The Morgan fingerprint density at radius 3 is 2.69 bits per heavy atom. The summed E-state index contributed by atoms with van der Waals surface area (Å²) >= 11 is 7.32. The molecule has 0 spiro atoms. The number of aromatic nitrogens is 1. The van der Waals surface area contributed by atoms with Gasteiger partial charge < -0.3 is 19.9 Å². The van der Waals surface area contributed by atoms with Crippen molar-refractivity contribution in [2.75, 3.05) is 19.7 Å². The van der Waals surface area contributed by atoms with E-state index in [2.05, 4.69) is 10.3 Å². The summed E-state index contributed by atoms with van der Waals surface area (Å²) in [6, 6.07) is 13.0. The molecular formula is C26H28ClN3O4S. The number of carbonyl (C=O) groups is 2. The van der Waals surface area contributed by atoms with Crippen LogP contribution in [0.5, 0.6) is 5.75 Å². The molecule has 2 N–H and O–H groups in total. The van der Waals surface area contributed by atoms with Crippen LogP contribution >= 0.6 is 22.9 Å². The van der Waals surface area contributed by atoms with E-state index in [1.54, 1.807) is 22.4 Å². The topological polar surface area (TPSA) is 91.5 Å². The van der Waals surface area contributed by atoms with Crippen molar-refractivity contribution in [1.29, 1.82) is 0 Å². The Hall–Kier alpha value is -3.10. The third-order valence-corrected chi connectivity index (χ3v) is 7.10. The first kappa shape index (κ1) is 25.0. The number of amides is 2. The fourth-order valence-electron chi connectivity index (χ4n) is 4.15. The number of aromatic amines is 1. The molecule has 1 aliphatic carbocycles. The fourth-order valence-corrected chi connectivity index (χ4v) is 4.97. The molecule has 1 aliphatic rings. The second kappa shape index (κ2) is 12.0. The second-order valence-electron chi connectivity index (χ2n) is 8.49. The number of H-pyrrole nitrogens is 1. The van der Waals surface area contributed by atoms with Crippen molar-refractivity contribution in [3.05, 3.63) is 84.9 Å². The predicted octanol–water partition coefficient (Wildman–Crippen LogP) is 4.20. The van der Waals surface area contributed by atoms with Crippen LogP contribution in [0.25, 0.3) is 0 Å². The second-order valence-corrected chi connectivity index (χ2v) is 10.0. The largest absolute Gasteiger partial charge is 0.481 e. The summed E-state index contributed by atoms with van der Waals surface area (Å²) in [4.78, 5) is 43.1. The highest BCUT2D eigenvalue weighted by molar-refractivity contribution is 7.14. The lowest BCUT2D eigenvalue weighted by Gasteiger charge is -2.23. The summed E-state index contributed by atoms with van der Waals surface area (Å²) in [5.74, 6) is -0.199. The minimum Gasteiger partial charge on any atom is -0.481 e. The van der Waals surface area contributed by atoms with Gasteiger partial charge in [-0.05, 0) is 54.3 Å². The number of rotatable bonds is 9. The lowest BCUT2D eigenvalue weighted by Crippen LogP contribution is -2.41. The number of benzene rings is 1. The Morgan fingerprint density at radius 1 is 1.11 bits per heavy atom. The summed E-state index contributed by atoms with van der Waals surface area (Å²) in [6.07, 6.45) is 4.89. The van der Waals surface area contributed by atoms with Crippen LogP contribution in [0.4, 0.5) is 0 Å². The van der Waals surface area contributed by atoms with Gasteiger partial charge in [0.15, 0.2) is 6.61 Å². The number of nitrogens with one attached hydrogen (secondary N) is 2. The van der Waals surface area contributed by atoms with E-state index in [1.165, 1.54) is 11.3 Å². The van der Waals surface area contributed by atoms with Gasteiger partial charge >= 0.3 is 0 Å². The highest BCUT2D eigenvalue weighted by atomic mass is 35.5. The zero-order valence-corrected chi connectivity index (χ0v) is 20.9. The molecule has 0 atom stereocenters. The normalized spacial score (nSPS) is 12.9.